The second kappa shape index (κ2) is 9.25. The molecule has 1 heterocycles. The summed E-state index contributed by atoms with van der Waals surface area (Å²) in [5.74, 6) is -0.664. The fourth-order valence-corrected chi connectivity index (χ4v) is 6.38. The van der Waals surface area contributed by atoms with Gasteiger partial charge in [0, 0.05) is 25.3 Å². The van der Waals surface area contributed by atoms with Gasteiger partial charge in [-0.3, -0.25) is 4.79 Å². The lowest BCUT2D eigenvalue weighted by atomic mass is 10.1. The van der Waals surface area contributed by atoms with E-state index in [1.165, 1.54) is 24.3 Å². The maximum Gasteiger partial charge on any atom is 0.251 e. The number of hydrogen-bond donors (Lipinski definition) is 2. The van der Waals surface area contributed by atoms with Crippen molar-refractivity contribution in [3.63, 3.8) is 0 Å². The summed E-state index contributed by atoms with van der Waals surface area (Å²) in [5.41, 5.74) is 2.05. The van der Waals surface area contributed by atoms with Crippen LogP contribution in [0.1, 0.15) is 27.9 Å². The number of sulfonamides is 1. The molecular weight excluding hydrogens is 428 g/mol. The van der Waals surface area contributed by atoms with Crippen LogP contribution in [0.15, 0.2) is 53.4 Å². The highest BCUT2D eigenvalue weighted by Gasteiger charge is 2.31. The number of nitrogens with one attached hydrogen (secondary N) is 2. The Morgan fingerprint density at radius 2 is 1.87 bits per heavy atom. The van der Waals surface area contributed by atoms with Gasteiger partial charge in [-0.25, -0.2) is 21.6 Å². The lowest BCUT2D eigenvalue weighted by Gasteiger charge is -2.13. The molecule has 0 aromatic heterocycles. The Kier molecular flexibility index (Phi) is 6.91. The van der Waals surface area contributed by atoms with Crippen molar-refractivity contribution in [2.24, 2.45) is 0 Å². The third kappa shape index (κ3) is 5.66. The number of methoxy groups -OCH3 is 1. The van der Waals surface area contributed by atoms with E-state index < -0.39 is 31.8 Å². The van der Waals surface area contributed by atoms with Crippen molar-refractivity contribution >= 4 is 25.8 Å². The lowest BCUT2D eigenvalue weighted by molar-refractivity contribution is 0.0950. The largest absolute Gasteiger partial charge is 0.380 e. The summed E-state index contributed by atoms with van der Waals surface area (Å²) in [7, 11) is -5.56. The van der Waals surface area contributed by atoms with Crippen LogP contribution in [0.25, 0.3) is 0 Å². The minimum absolute atomic E-state index is 0.0345. The second-order valence-electron chi connectivity index (χ2n) is 7.13. The Bertz CT molecular complexity index is 1130. The fourth-order valence-electron chi connectivity index (χ4n) is 3.28. The molecule has 8 nitrogen and oxygen atoms in total. The van der Waals surface area contributed by atoms with Gasteiger partial charge in [0.1, 0.15) is 0 Å². The van der Waals surface area contributed by atoms with E-state index in [1.54, 1.807) is 7.11 Å². The summed E-state index contributed by atoms with van der Waals surface area (Å²) < 4.78 is 55.9. The zero-order chi connectivity index (χ0) is 21.8. The summed E-state index contributed by atoms with van der Waals surface area (Å²) >= 11 is 0. The molecule has 1 aliphatic rings. The average molecular weight is 453 g/mol. The van der Waals surface area contributed by atoms with Gasteiger partial charge in [0.15, 0.2) is 9.84 Å². The van der Waals surface area contributed by atoms with Crippen molar-refractivity contribution < 1.29 is 26.4 Å². The molecule has 10 heteroatoms. The molecule has 1 atom stereocenters. The highest BCUT2D eigenvalue weighted by molar-refractivity contribution is 7.92. The first-order chi connectivity index (χ1) is 14.2. The summed E-state index contributed by atoms with van der Waals surface area (Å²) in [6, 6.07) is 12.5. The quantitative estimate of drug-likeness (QED) is 0.622. The van der Waals surface area contributed by atoms with E-state index in [4.69, 9.17) is 4.74 Å². The first-order valence-corrected chi connectivity index (χ1v) is 12.7. The normalized spacial score (nSPS) is 18.2. The molecule has 1 unspecified atom stereocenters. The molecule has 2 aromatic carbocycles. The molecule has 0 aliphatic carbocycles. The van der Waals surface area contributed by atoms with Gasteiger partial charge in [0.2, 0.25) is 10.0 Å². The molecule has 0 bridgehead atoms. The van der Waals surface area contributed by atoms with E-state index >= 15 is 0 Å². The number of hydrogen-bond acceptors (Lipinski definition) is 6. The monoisotopic (exact) mass is 452 g/mol. The predicted molar refractivity (Wildman–Crippen MR) is 112 cm³/mol. The van der Waals surface area contributed by atoms with Crippen molar-refractivity contribution in [3.8, 4) is 0 Å². The predicted octanol–water partition coefficient (Wildman–Crippen LogP) is 1.23. The Morgan fingerprint density at radius 3 is 2.53 bits per heavy atom. The van der Waals surface area contributed by atoms with Crippen LogP contribution in [0.4, 0.5) is 0 Å². The molecule has 2 aromatic rings. The molecule has 3 rings (SSSR count). The summed E-state index contributed by atoms with van der Waals surface area (Å²) in [6.07, 6.45) is 0.239. The molecule has 1 saturated heterocycles. The average Bonchev–Trinajstić information content (AvgIpc) is 3.05. The third-order valence-electron chi connectivity index (χ3n) is 4.82. The zero-order valence-electron chi connectivity index (χ0n) is 16.5. The molecule has 0 saturated carbocycles. The number of carbonyl (C=O) groups excluding carboxylic acids is 1. The number of amides is 1. The van der Waals surface area contributed by atoms with Gasteiger partial charge in [-0.2, -0.15) is 0 Å². The highest BCUT2D eigenvalue weighted by atomic mass is 32.2. The van der Waals surface area contributed by atoms with Crippen LogP contribution in [-0.4, -0.2) is 47.4 Å². The van der Waals surface area contributed by atoms with Crippen LogP contribution in [0.3, 0.4) is 0 Å². The molecule has 1 aliphatic heterocycles. The van der Waals surface area contributed by atoms with Gasteiger partial charge >= 0.3 is 0 Å². The molecular formula is C20H24N2O6S2. The summed E-state index contributed by atoms with van der Waals surface area (Å²) in [6.45, 7) is 0.690. The molecule has 30 heavy (non-hydrogen) atoms. The summed E-state index contributed by atoms with van der Waals surface area (Å²) in [4.78, 5) is 12.5. The molecule has 2 N–H and O–H groups in total. The van der Waals surface area contributed by atoms with Crippen molar-refractivity contribution in [2.45, 2.75) is 30.5 Å². The van der Waals surface area contributed by atoms with Crippen LogP contribution < -0.4 is 10.0 Å². The first-order valence-electron chi connectivity index (χ1n) is 9.37. The van der Waals surface area contributed by atoms with E-state index in [-0.39, 0.29) is 34.9 Å². The minimum Gasteiger partial charge on any atom is -0.380 e. The van der Waals surface area contributed by atoms with Crippen molar-refractivity contribution in [1.29, 1.82) is 0 Å². The van der Waals surface area contributed by atoms with Crippen LogP contribution in [0.2, 0.25) is 0 Å². The van der Waals surface area contributed by atoms with Gasteiger partial charge in [0.05, 0.1) is 23.0 Å². The number of benzene rings is 2. The molecule has 1 fully saturated rings. The lowest BCUT2D eigenvalue weighted by Crippen LogP contribution is -2.35. The van der Waals surface area contributed by atoms with Crippen LogP contribution in [0.5, 0.6) is 0 Å². The standard InChI is InChI=1S/C20H24N2O6S2/c1-28-13-17-6-3-2-5-16(17)12-21-20(23)15-7-4-8-19(11-15)30(26,27)22-18-9-10-29(24,25)14-18/h2-8,11,18,22H,9-10,12-14H2,1H3,(H,21,23). The van der Waals surface area contributed by atoms with Gasteiger partial charge in [-0.1, -0.05) is 30.3 Å². The Hall–Kier alpha value is -2.27. The van der Waals surface area contributed by atoms with E-state index in [2.05, 4.69) is 10.0 Å². The van der Waals surface area contributed by atoms with Crippen LogP contribution in [0, 0.1) is 0 Å². The first kappa shape index (κ1) is 22.4. The van der Waals surface area contributed by atoms with Gasteiger partial charge in [-0.05, 0) is 35.7 Å². The number of rotatable bonds is 8. The minimum atomic E-state index is -3.94. The Morgan fingerprint density at radius 1 is 1.13 bits per heavy atom. The van der Waals surface area contributed by atoms with Crippen molar-refractivity contribution in [2.75, 3.05) is 18.6 Å². The van der Waals surface area contributed by atoms with Gasteiger partial charge in [0.25, 0.3) is 5.91 Å². The second-order valence-corrected chi connectivity index (χ2v) is 11.1. The van der Waals surface area contributed by atoms with E-state index in [1.807, 2.05) is 24.3 Å². The number of sulfone groups is 1. The number of carbonyl (C=O) groups is 1. The fraction of sp³-hybridized carbons (Fsp3) is 0.350. The van der Waals surface area contributed by atoms with Gasteiger partial charge < -0.3 is 10.1 Å². The smallest absolute Gasteiger partial charge is 0.251 e. The van der Waals surface area contributed by atoms with E-state index in [9.17, 15) is 21.6 Å². The molecule has 1 amide bonds. The molecule has 162 valence electrons. The Balaban J connectivity index is 1.69. The number of ether oxygens (including phenoxy) is 1. The maximum atomic E-state index is 12.6. The maximum absolute atomic E-state index is 12.6. The zero-order valence-corrected chi connectivity index (χ0v) is 18.1. The van der Waals surface area contributed by atoms with E-state index in [0.717, 1.165) is 11.1 Å². The van der Waals surface area contributed by atoms with E-state index in [0.29, 0.717) is 6.61 Å². The SMILES string of the molecule is COCc1ccccc1CNC(=O)c1cccc(S(=O)(=O)NC2CCS(=O)(=O)C2)c1. The topological polar surface area (TPSA) is 119 Å². The summed E-state index contributed by atoms with van der Waals surface area (Å²) in [5, 5.41) is 2.79. The van der Waals surface area contributed by atoms with Crippen LogP contribution >= 0.6 is 0 Å². The third-order valence-corrected chi connectivity index (χ3v) is 8.10. The van der Waals surface area contributed by atoms with Crippen molar-refractivity contribution in [3.05, 3.63) is 65.2 Å². The molecule has 0 radical (unpaired) electrons. The highest BCUT2D eigenvalue weighted by Crippen LogP contribution is 2.17. The Labute approximate surface area is 176 Å². The van der Waals surface area contributed by atoms with Gasteiger partial charge in [-0.15, -0.1) is 0 Å². The van der Waals surface area contributed by atoms with Crippen molar-refractivity contribution in [1.82, 2.24) is 10.0 Å². The van der Waals surface area contributed by atoms with Crippen LogP contribution in [-0.2, 0) is 37.7 Å². The molecule has 0 spiro atoms.